The number of nitrogens with zero attached hydrogens (tertiary/aromatic N) is 3. The molecule has 0 saturated heterocycles. The van der Waals surface area contributed by atoms with Crippen LogP contribution in [0.3, 0.4) is 0 Å². The largest absolute Gasteiger partial charge is 0.357 e. The summed E-state index contributed by atoms with van der Waals surface area (Å²) >= 11 is 0. The minimum Gasteiger partial charge on any atom is -0.357 e. The molecule has 144 valence electrons. The molecule has 1 heterocycles. The van der Waals surface area contributed by atoms with Crippen molar-refractivity contribution in [3.05, 3.63) is 48.3 Å². The van der Waals surface area contributed by atoms with Gasteiger partial charge < -0.3 is 10.6 Å². The third kappa shape index (κ3) is 8.15. The Morgan fingerprint density at radius 2 is 2.00 bits per heavy atom. The number of aliphatic imine (C=N–C) groups is 1. The Balaban J connectivity index is 0.00000338. The monoisotopic (exact) mass is 492 g/mol. The van der Waals surface area contributed by atoms with Crippen molar-refractivity contribution in [2.45, 2.75) is 13.3 Å². The van der Waals surface area contributed by atoms with Gasteiger partial charge in [0, 0.05) is 25.5 Å². The highest BCUT2D eigenvalue weighted by Crippen LogP contribution is 2.08. The quantitative estimate of drug-likeness (QED) is 0.288. The van der Waals surface area contributed by atoms with Gasteiger partial charge in [-0.15, -0.1) is 24.0 Å². The summed E-state index contributed by atoms with van der Waals surface area (Å²) in [5, 5.41) is 15.4. The molecule has 0 fully saturated rings. The number of halogens is 1. The highest BCUT2D eigenvalue weighted by atomic mass is 127. The molecule has 26 heavy (non-hydrogen) atoms. The fraction of sp³-hybridized carbons (Fsp3) is 0.375. The first-order valence-corrected chi connectivity index (χ1v) is 9.81. The lowest BCUT2D eigenvalue weighted by atomic mass is 10.1. The summed E-state index contributed by atoms with van der Waals surface area (Å²) in [5.74, 6) is 0.415. The van der Waals surface area contributed by atoms with E-state index in [2.05, 4.69) is 32.9 Å². The topological polar surface area (TPSA) is 114 Å². The van der Waals surface area contributed by atoms with Crippen LogP contribution in [0.4, 0.5) is 0 Å². The van der Waals surface area contributed by atoms with Gasteiger partial charge >= 0.3 is 0 Å². The third-order valence-electron chi connectivity index (χ3n) is 3.40. The molecule has 0 saturated carbocycles. The molecule has 0 aliphatic carbocycles. The summed E-state index contributed by atoms with van der Waals surface area (Å²) in [6.45, 7) is 3.46. The van der Waals surface area contributed by atoms with Crippen molar-refractivity contribution < 1.29 is 8.42 Å². The van der Waals surface area contributed by atoms with E-state index in [0.29, 0.717) is 19.0 Å². The first-order chi connectivity index (χ1) is 12.0. The second-order valence-electron chi connectivity index (χ2n) is 5.42. The van der Waals surface area contributed by atoms with Gasteiger partial charge in [-0.2, -0.15) is 5.10 Å². The average Bonchev–Trinajstić information content (AvgIpc) is 3.09. The van der Waals surface area contributed by atoms with Gasteiger partial charge in [-0.3, -0.25) is 4.99 Å². The predicted molar refractivity (Wildman–Crippen MR) is 115 cm³/mol. The standard InChI is InChI=1S/C16H24N6O2S.HI/c1-2-18-16(20-11-13-25(17,23)24)19-10-8-14-4-6-15(7-5-14)22-12-3-9-21-22;/h3-7,9,12H,2,8,10-11,13H2,1H3,(H2,17,23,24)(H2,18,19,20);1H. The Labute approximate surface area is 171 Å². The summed E-state index contributed by atoms with van der Waals surface area (Å²) in [5.41, 5.74) is 2.20. The van der Waals surface area contributed by atoms with E-state index in [9.17, 15) is 8.42 Å². The maximum Gasteiger partial charge on any atom is 0.210 e. The number of aromatic nitrogens is 2. The van der Waals surface area contributed by atoms with E-state index >= 15 is 0 Å². The number of hydrogen-bond donors (Lipinski definition) is 3. The Morgan fingerprint density at radius 3 is 2.58 bits per heavy atom. The number of sulfonamides is 1. The van der Waals surface area contributed by atoms with Gasteiger partial charge in [-0.05, 0) is 37.1 Å². The minimum absolute atomic E-state index is 0. The molecule has 0 unspecified atom stereocenters. The lowest BCUT2D eigenvalue weighted by Crippen LogP contribution is -2.38. The second kappa shape index (κ2) is 11.1. The molecule has 0 amide bonds. The smallest absolute Gasteiger partial charge is 0.210 e. The molecule has 4 N–H and O–H groups in total. The molecular formula is C16H25IN6O2S. The first-order valence-electron chi connectivity index (χ1n) is 8.09. The van der Waals surface area contributed by atoms with Crippen molar-refractivity contribution >= 4 is 40.0 Å². The summed E-state index contributed by atoms with van der Waals surface area (Å²) in [6, 6.07) is 10.0. The fourth-order valence-corrected chi connectivity index (χ4v) is 2.53. The maximum atomic E-state index is 10.9. The van der Waals surface area contributed by atoms with Gasteiger partial charge in [0.1, 0.15) is 0 Å². The summed E-state index contributed by atoms with van der Waals surface area (Å²) < 4.78 is 23.7. The summed E-state index contributed by atoms with van der Waals surface area (Å²) in [6.07, 6.45) is 4.46. The number of nitrogens with one attached hydrogen (secondary N) is 2. The predicted octanol–water partition coefficient (Wildman–Crippen LogP) is 0.876. The van der Waals surface area contributed by atoms with E-state index in [-0.39, 0.29) is 36.3 Å². The Morgan fingerprint density at radius 1 is 1.27 bits per heavy atom. The van der Waals surface area contributed by atoms with Crippen molar-refractivity contribution in [3.8, 4) is 5.69 Å². The van der Waals surface area contributed by atoms with Crippen molar-refractivity contribution in [1.82, 2.24) is 20.4 Å². The Kier molecular flexibility index (Phi) is 9.59. The molecule has 0 aliphatic heterocycles. The molecule has 2 rings (SSSR count). The fourth-order valence-electron chi connectivity index (χ4n) is 2.19. The number of primary sulfonamides is 1. The Hall–Kier alpha value is -1.66. The van der Waals surface area contributed by atoms with Gasteiger partial charge in [0.2, 0.25) is 10.0 Å². The molecule has 0 aliphatic rings. The molecule has 2 aromatic rings. The number of hydrogen-bond acceptors (Lipinski definition) is 4. The van der Waals surface area contributed by atoms with Crippen LogP contribution in [0.5, 0.6) is 0 Å². The van der Waals surface area contributed by atoms with Gasteiger partial charge in [-0.25, -0.2) is 18.2 Å². The number of guanidine groups is 1. The SMILES string of the molecule is CCNC(=NCCS(N)(=O)=O)NCCc1ccc(-n2cccn2)cc1.I. The normalized spacial score (nSPS) is 11.7. The lowest BCUT2D eigenvalue weighted by Gasteiger charge is -2.11. The van der Waals surface area contributed by atoms with Crippen LogP contribution in [0.15, 0.2) is 47.7 Å². The highest BCUT2D eigenvalue weighted by molar-refractivity contribution is 14.0. The van der Waals surface area contributed by atoms with Crippen LogP contribution < -0.4 is 15.8 Å². The molecule has 0 radical (unpaired) electrons. The number of nitrogens with two attached hydrogens (primary N) is 1. The second-order valence-corrected chi connectivity index (χ2v) is 7.16. The third-order valence-corrected chi connectivity index (χ3v) is 4.15. The number of rotatable bonds is 8. The van der Waals surface area contributed by atoms with Crippen molar-refractivity contribution in [3.63, 3.8) is 0 Å². The maximum absolute atomic E-state index is 10.9. The van der Waals surface area contributed by atoms with Crippen LogP contribution in [0, 0.1) is 0 Å². The zero-order chi connectivity index (χ0) is 18.1. The Bertz CT molecular complexity index is 776. The summed E-state index contributed by atoms with van der Waals surface area (Å²) in [4.78, 5) is 4.20. The van der Waals surface area contributed by atoms with Crippen LogP contribution in [0.1, 0.15) is 12.5 Å². The van der Waals surface area contributed by atoms with Gasteiger partial charge in [-0.1, -0.05) is 12.1 Å². The number of benzene rings is 1. The molecule has 1 aromatic carbocycles. The van der Waals surface area contributed by atoms with Crippen molar-refractivity contribution in [2.24, 2.45) is 10.1 Å². The van der Waals surface area contributed by atoms with Crippen molar-refractivity contribution in [1.29, 1.82) is 0 Å². The van der Waals surface area contributed by atoms with E-state index in [1.54, 1.807) is 6.20 Å². The van der Waals surface area contributed by atoms with E-state index in [1.165, 1.54) is 5.56 Å². The van der Waals surface area contributed by atoms with E-state index in [0.717, 1.165) is 12.1 Å². The van der Waals surface area contributed by atoms with E-state index in [1.807, 2.05) is 36.0 Å². The highest BCUT2D eigenvalue weighted by Gasteiger charge is 2.03. The molecular weight excluding hydrogens is 467 g/mol. The molecule has 0 atom stereocenters. The first kappa shape index (κ1) is 22.4. The van der Waals surface area contributed by atoms with Gasteiger partial charge in [0.15, 0.2) is 5.96 Å². The van der Waals surface area contributed by atoms with Crippen LogP contribution in [-0.2, 0) is 16.4 Å². The van der Waals surface area contributed by atoms with Crippen LogP contribution in [0.2, 0.25) is 0 Å². The molecule has 1 aromatic heterocycles. The zero-order valence-corrected chi connectivity index (χ0v) is 17.8. The van der Waals surface area contributed by atoms with E-state index < -0.39 is 10.0 Å². The van der Waals surface area contributed by atoms with E-state index in [4.69, 9.17) is 5.14 Å². The zero-order valence-electron chi connectivity index (χ0n) is 14.6. The average molecular weight is 492 g/mol. The molecule has 10 heteroatoms. The van der Waals surface area contributed by atoms with Crippen LogP contribution in [-0.4, -0.2) is 49.5 Å². The lowest BCUT2D eigenvalue weighted by molar-refractivity contribution is 0.597. The van der Waals surface area contributed by atoms with Crippen molar-refractivity contribution in [2.75, 3.05) is 25.4 Å². The molecule has 0 spiro atoms. The van der Waals surface area contributed by atoms with Crippen LogP contribution >= 0.6 is 24.0 Å². The minimum atomic E-state index is -3.49. The molecule has 0 bridgehead atoms. The van der Waals surface area contributed by atoms with Crippen LogP contribution in [0.25, 0.3) is 5.69 Å². The summed E-state index contributed by atoms with van der Waals surface area (Å²) in [7, 11) is -3.49. The van der Waals surface area contributed by atoms with Gasteiger partial charge in [0.05, 0.1) is 18.0 Å². The van der Waals surface area contributed by atoms with Gasteiger partial charge in [0.25, 0.3) is 0 Å². The molecule has 8 nitrogen and oxygen atoms in total.